The summed E-state index contributed by atoms with van der Waals surface area (Å²) < 4.78 is 0.826. The molecule has 1 aromatic rings. The summed E-state index contributed by atoms with van der Waals surface area (Å²) in [5, 5.41) is 8.72. The number of hydrogen-bond donors (Lipinski definition) is 1. The van der Waals surface area contributed by atoms with Crippen LogP contribution < -0.4 is 5.73 Å². The fourth-order valence-electron chi connectivity index (χ4n) is 0.760. The predicted octanol–water partition coefficient (Wildman–Crippen LogP) is 1.54. The second-order valence-corrected chi connectivity index (χ2v) is 3.62. The first-order valence-electron chi connectivity index (χ1n) is 3.37. The van der Waals surface area contributed by atoms with Crippen molar-refractivity contribution in [3.8, 4) is 6.07 Å². The molecule has 1 heterocycles. The summed E-state index contributed by atoms with van der Waals surface area (Å²) in [6, 6.07) is 3.79. The molecule has 1 rings (SSSR count). The van der Waals surface area contributed by atoms with E-state index < -0.39 is 5.54 Å². The molecule has 3 nitrogen and oxygen atoms in total. The molecule has 0 spiro atoms. The molecule has 0 aliphatic heterocycles. The summed E-state index contributed by atoms with van der Waals surface area (Å²) in [5.41, 5.74) is 5.43. The zero-order chi connectivity index (χ0) is 9.19. The molecule has 0 saturated heterocycles. The van der Waals surface area contributed by atoms with Gasteiger partial charge in [0, 0.05) is 22.4 Å². The minimum atomic E-state index is -0.962. The van der Waals surface area contributed by atoms with Gasteiger partial charge in [-0.15, -0.1) is 0 Å². The highest BCUT2D eigenvalue weighted by Gasteiger charge is 2.20. The zero-order valence-electron chi connectivity index (χ0n) is 6.58. The molecule has 0 aromatic carbocycles. The van der Waals surface area contributed by atoms with Gasteiger partial charge in [0.1, 0.15) is 5.54 Å². The van der Waals surface area contributed by atoms with Crippen LogP contribution >= 0.6 is 15.9 Å². The average Bonchev–Trinajstić information content (AvgIpc) is 2.05. The average molecular weight is 226 g/mol. The zero-order valence-corrected chi connectivity index (χ0v) is 8.17. The molecule has 2 N–H and O–H groups in total. The quantitative estimate of drug-likeness (QED) is 0.789. The van der Waals surface area contributed by atoms with Gasteiger partial charge < -0.3 is 5.73 Å². The molecule has 0 saturated carbocycles. The van der Waals surface area contributed by atoms with E-state index in [4.69, 9.17) is 11.0 Å². The van der Waals surface area contributed by atoms with Crippen molar-refractivity contribution in [2.75, 3.05) is 0 Å². The minimum Gasteiger partial charge on any atom is -0.310 e. The first kappa shape index (κ1) is 9.17. The van der Waals surface area contributed by atoms with Crippen LogP contribution in [-0.4, -0.2) is 4.98 Å². The second kappa shape index (κ2) is 3.21. The molecule has 0 bridgehead atoms. The van der Waals surface area contributed by atoms with Gasteiger partial charge in [0.2, 0.25) is 0 Å². The van der Waals surface area contributed by atoms with Crippen molar-refractivity contribution in [2.24, 2.45) is 5.73 Å². The van der Waals surface area contributed by atoms with Gasteiger partial charge in [-0.05, 0) is 28.9 Å². The van der Waals surface area contributed by atoms with Crippen LogP contribution in [0.15, 0.2) is 22.9 Å². The van der Waals surface area contributed by atoms with Gasteiger partial charge in [-0.2, -0.15) is 5.26 Å². The third kappa shape index (κ3) is 1.81. The monoisotopic (exact) mass is 225 g/mol. The molecule has 1 atom stereocenters. The van der Waals surface area contributed by atoms with E-state index in [1.807, 2.05) is 6.07 Å². The van der Waals surface area contributed by atoms with Crippen molar-refractivity contribution in [1.29, 1.82) is 5.26 Å². The van der Waals surface area contributed by atoms with Crippen molar-refractivity contribution in [3.63, 3.8) is 0 Å². The number of rotatable bonds is 1. The third-order valence-corrected chi connectivity index (χ3v) is 1.97. The van der Waals surface area contributed by atoms with Crippen LogP contribution in [0.3, 0.4) is 0 Å². The number of halogens is 1. The van der Waals surface area contributed by atoms with Crippen molar-refractivity contribution in [1.82, 2.24) is 4.98 Å². The lowest BCUT2D eigenvalue weighted by Crippen LogP contribution is -2.30. The molecular formula is C8H8BrN3. The minimum absolute atomic E-state index is 0.708. The number of nitrogens with two attached hydrogens (primary N) is 1. The Bertz CT molecular complexity index is 327. The van der Waals surface area contributed by atoms with Gasteiger partial charge in [0.05, 0.1) is 6.07 Å². The lowest BCUT2D eigenvalue weighted by atomic mass is 9.97. The summed E-state index contributed by atoms with van der Waals surface area (Å²) in [7, 11) is 0. The Morgan fingerprint density at radius 1 is 1.67 bits per heavy atom. The van der Waals surface area contributed by atoms with Gasteiger partial charge in [-0.1, -0.05) is 0 Å². The summed E-state index contributed by atoms with van der Waals surface area (Å²) >= 11 is 3.26. The Morgan fingerprint density at radius 2 is 2.33 bits per heavy atom. The number of pyridine rings is 1. The van der Waals surface area contributed by atoms with E-state index in [-0.39, 0.29) is 0 Å². The van der Waals surface area contributed by atoms with Gasteiger partial charge >= 0.3 is 0 Å². The van der Waals surface area contributed by atoms with E-state index in [2.05, 4.69) is 20.9 Å². The normalized spacial score (nSPS) is 14.8. The van der Waals surface area contributed by atoms with Gasteiger partial charge in [-0.25, -0.2) is 0 Å². The van der Waals surface area contributed by atoms with Crippen LogP contribution in [0, 0.1) is 11.3 Å². The van der Waals surface area contributed by atoms with Crippen LogP contribution in [0.2, 0.25) is 0 Å². The first-order valence-corrected chi connectivity index (χ1v) is 4.17. The fourth-order valence-corrected chi connectivity index (χ4v) is 1.13. The van der Waals surface area contributed by atoms with Crippen LogP contribution in [0.5, 0.6) is 0 Å². The first-order chi connectivity index (χ1) is 5.56. The Morgan fingerprint density at radius 3 is 2.83 bits per heavy atom. The van der Waals surface area contributed by atoms with E-state index in [1.165, 1.54) is 0 Å². The summed E-state index contributed by atoms with van der Waals surface area (Å²) in [4.78, 5) is 3.92. The van der Waals surface area contributed by atoms with E-state index >= 15 is 0 Å². The Balaban J connectivity index is 3.14. The number of nitrogens with zero attached hydrogens (tertiary/aromatic N) is 2. The fraction of sp³-hybridized carbons (Fsp3) is 0.250. The van der Waals surface area contributed by atoms with Crippen molar-refractivity contribution >= 4 is 15.9 Å². The number of nitriles is 1. The molecule has 0 aliphatic rings. The van der Waals surface area contributed by atoms with E-state index in [9.17, 15) is 0 Å². The lowest BCUT2D eigenvalue weighted by Gasteiger charge is -2.14. The highest BCUT2D eigenvalue weighted by atomic mass is 79.9. The van der Waals surface area contributed by atoms with E-state index in [0.717, 1.165) is 4.47 Å². The highest BCUT2D eigenvalue weighted by molar-refractivity contribution is 9.10. The molecule has 0 amide bonds. The standard InChI is InChI=1S/C8H8BrN3/c1-8(11,5-10)6-2-7(9)4-12-3-6/h2-4H,11H2,1H3. The molecule has 0 aliphatic carbocycles. The maximum Gasteiger partial charge on any atom is 0.128 e. The van der Waals surface area contributed by atoms with Gasteiger partial charge in [-0.3, -0.25) is 4.98 Å². The topological polar surface area (TPSA) is 62.7 Å². The predicted molar refractivity (Wildman–Crippen MR) is 49.1 cm³/mol. The van der Waals surface area contributed by atoms with Crippen LogP contribution in [0.4, 0.5) is 0 Å². The largest absolute Gasteiger partial charge is 0.310 e. The molecule has 4 heteroatoms. The maximum absolute atomic E-state index is 8.72. The molecule has 12 heavy (non-hydrogen) atoms. The maximum atomic E-state index is 8.72. The number of hydrogen-bond acceptors (Lipinski definition) is 3. The Kier molecular flexibility index (Phi) is 2.46. The molecular weight excluding hydrogens is 218 g/mol. The van der Waals surface area contributed by atoms with Gasteiger partial charge in [0.15, 0.2) is 0 Å². The highest BCUT2D eigenvalue weighted by Crippen LogP contribution is 2.18. The molecule has 0 fully saturated rings. The summed E-state index contributed by atoms with van der Waals surface area (Å²) in [6.07, 6.45) is 3.24. The second-order valence-electron chi connectivity index (χ2n) is 2.71. The van der Waals surface area contributed by atoms with Gasteiger partial charge in [0.25, 0.3) is 0 Å². The molecule has 0 radical (unpaired) electrons. The van der Waals surface area contributed by atoms with Crippen molar-refractivity contribution in [2.45, 2.75) is 12.5 Å². The third-order valence-electron chi connectivity index (χ3n) is 1.54. The van der Waals surface area contributed by atoms with Crippen molar-refractivity contribution in [3.05, 3.63) is 28.5 Å². The van der Waals surface area contributed by atoms with Crippen molar-refractivity contribution < 1.29 is 0 Å². The molecule has 1 unspecified atom stereocenters. The van der Waals surface area contributed by atoms with Crippen LogP contribution in [0.25, 0.3) is 0 Å². The smallest absolute Gasteiger partial charge is 0.128 e. The summed E-state index contributed by atoms with van der Waals surface area (Å²) in [6.45, 7) is 1.65. The van der Waals surface area contributed by atoms with Crippen LogP contribution in [-0.2, 0) is 5.54 Å². The Hall–Kier alpha value is -0.920. The molecule has 62 valence electrons. The lowest BCUT2D eigenvalue weighted by molar-refractivity contribution is 0.642. The van der Waals surface area contributed by atoms with E-state index in [1.54, 1.807) is 25.4 Å². The SMILES string of the molecule is CC(N)(C#N)c1cncc(Br)c1. The van der Waals surface area contributed by atoms with Crippen LogP contribution in [0.1, 0.15) is 12.5 Å². The Labute approximate surface area is 79.3 Å². The van der Waals surface area contributed by atoms with E-state index in [0.29, 0.717) is 5.56 Å². The summed E-state index contributed by atoms with van der Waals surface area (Å²) in [5.74, 6) is 0. The number of aromatic nitrogens is 1. The molecule has 1 aromatic heterocycles.